The highest BCUT2D eigenvalue weighted by Gasteiger charge is 2.09. The Bertz CT molecular complexity index is 1000. The highest BCUT2D eigenvalue weighted by Crippen LogP contribution is 2.26. The number of ether oxygens (including phenoxy) is 1. The van der Waals surface area contributed by atoms with Gasteiger partial charge in [0.1, 0.15) is 5.75 Å². The molecule has 3 aromatic carbocycles. The van der Waals surface area contributed by atoms with Gasteiger partial charge in [0, 0.05) is 18.2 Å². The number of benzene rings is 3. The first kappa shape index (κ1) is 17.8. The van der Waals surface area contributed by atoms with Gasteiger partial charge < -0.3 is 15.4 Å². The van der Waals surface area contributed by atoms with Gasteiger partial charge in [-0.05, 0) is 53.2 Å². The minimum Gasteiger partial charge on any atom is -0.497 e. The van der Waals surface area contributed by atoms with Gasteiger partial charge in [0.2, 0.25) is 5.91 Å². The van der Waals surface area contributed by atoms with Crippen LogP contribution in [0, 0.1) is 0 Å². The summed E-state index contributed by atoms with van der Waals surface area (Å²) < 4.78 is 5.21. The number of nitrogens with one attached hydrogen (secondary N) is 2. The number of amides is 2. The maximum Gasteiger partial charge on any atom is 0.255 e. The number of carbonyl (C=O) groups is 2. The van der Waals surface area contributed by atoms with Crippen LogP contribution in [0.15, 0.2) is 54.6 Å². The smallest absolute Gasteiger partial charge is 0.255 e. The molecule has 2 amide bonds. The van der Waals surface area contributed by atoms with Gasteiger partial charge in [-0.1, -0.05) is 23.7 Å². The van der Waals surface area contributed by atoms with Crippen molar-refractivity contribution in [3.8, 4) is 5.75 Å². The number of carbonyl (C=O) groups excluding carboxylic acids is 2. The van der Waals surface area contributed by atoms with E-state index in [1.807, 2.05) is 30.3 Å². The zero-order chi connectivity index (χ0) is 18.7. The van der Waals surface area contributed by atoms with E-state index in [2.05, 4.69) is 10.6 Å². The van der Waals surface area contributed by atoms with Crippen LogP contribution in [-0.2, 0) is 4.79 Å². The molecule has 0 saturated carbocycles. The molecule has 132 valence electrons. The maximum absolute atomic E-state index is 12.5. The third kappa shape index (κ3) is 3.95. The fraction of sp³-hybridized carbons (Fsp3) is 0.100. The molecule has 0 unspecified atom stereocenters. The van der Waals surface area contributed by atoms with Gasteiger partial charge in [-0.15, -0.1) is 0 Å². The number of anilines is 2. The average Bonchev–Trinajstić information content (AvgIpc) is 2.62. The molecule has 0 radical (unpaired) electrons. The van der Waals surface area contributed by atoms with Crippen LogP contribution in [0.4, 0.5) is 11.4 Å². The zero-order valence-corrected chi connectivity index (χ0v) is 15.1. The summed E-state index contributed by atoms with van der Waals surface area (Å²) in [6.45, 7) is 1.40. The Morgan fingerprint density at radius 1 is 0.923 bits per heavy atom. The Morgan fingerprint density at radius 3 is 2.35 bits per heavy atom. The molecule has 0 heterocycles. The molecule has 0 aliphatic carbocycles. The molecule has 0 aromatic heterocycles. The molecule has 3 aromatic rings. The summed E-state index contributed by atoms with van der Waals surface area (Å²) in [5.74, 6) is 0.311. The van der Waals surface area contributed by atoms with Crippen molar-refractivity contribution < 1.29 is 14.3 Å². The van der Waals surface area contributed by atoms with E-state index < -0.39 is 0 Å². The van der Waals surface area contributed by atoms with Crippen molar-refractivity contribution in [2.75, 3.05) is 17.7 Å². The lowest BCUT2D eigenvalue weighted by Gasteiger charge is -2.10. The van der Waals surface area contributed by atoms with E-state index in [0.717, 1.165) is 16.5 Å². The fourth-order valence-corrected chi connectivity index (χ4v) is 2.81. The highest BCUT2D eigenvalue weighted by atomic mass is 35.5. The number of rotatable bonds is 4. The molecule has 26 heavy (non-hydrogen) atoms. The van der Waals surface area contributed by atoms with Gasteiger partial charge in [0.05, 0.1) is 17.8 Å². The van der Waals surface area contributed by atoms with E-state index in [9.17, 15) is 9.59 Å². The predicted octanol–water partition coefficient (Wildman–Crippen LogP) is 4.71. The van der Waals surface area contributed by atoms with Crippen LogP contribution in [0.25, 0.3) is 10.8 Å². The van der Waals surface area contributed by atoms with Gasteiger partial charge in [-0.25, -0.2) is 0 Å². The van der Waals surface area contributed by atoms with Crippen molar-refractivity contribution in [3.63, 3.8) is 0 Å². The number of hydrogen-bond donors (Lipinski definition) is 2. The van der Waals surface area contributed by atoms with Crippen molar-refractivity contribution in [1.82, 2.24) is 0 Å². The molecule has 0 bridgehead atoms. The lowest BCUT2D eigenvalue weighted by molar-refractivity contribution is -0.114. The van der Waals surface area contributed by atoms with Crippen LogP contribution in [0.5, 0.6) is 5.75 Å². The monoisotopic (exact) mass is 368 g/mol. The summed E-state index contributed by atoms with van der Waals surface area (Å²) in [6.07, 6.45) is 0. The highest BCUT2D eigenvalue weighted by molar-refractivity contribution is 6.34. The minimum atomic E-state index is -0.244. The zero-order valence-electron chi connectivity index (χ0n) is 14.3. The Balaban J connectivity index is 1.80. The molecule has 0 saturated heterocycles. The van der Waals surface area contributed by atoms with Crippen LogP contribution in [0.2, 0.25) is 5.02 Å². The Morgan fingerprint density at radius 2 is 1.65 bits per heavy atom. The first-order valence-electron chi connectivity index (χ1n) is 7.92. The summed E-state index contributed by atoms with van der Waals surface area (Å²) in [6, 6.07) is 16.0. The Kier molecular flexibility index (Phi) is 5.09. The summed E-state index contributed by atoms with van der Waals surface area (Å²) >= 11 is 6.13. The van der Waals surface area contributed by atoms with Gasteiger partial charge in [0.25, 0.3) is 5.91 Å². The van der Waals surface area contributed by atoms with Crippen LogP contribution in [0.1, 0.15) is 17.3 Å². The standard InChI is InChI=1S/C20H17ClN2O3/c1-12(24)22-19-8-6-16(11-18(19)21)23-20(25)15-4-3-14-10-17(26-2)7-5-13(14)9-15/h3-11H,1-2H3,(H,22,24)(H,23,25). The van der Waals surface area contributed by atoms with E-state index in [0.29, 0.717) is 22.0 Å². The first-order valence-corrected chi connectivity index (χ1v) is 8.30. The molecule has 0 atom stereocenters. The van der Waals surface area contributed by atoms with Crippen molar-refractivity contribution >= 4 is 45.6 Å². The number of methoxy groups -OCH3 is 1. The van der Waals surface area contributed by atoms with Crippen LogP contribution >= 0.6 is 11.6 Å². The van der Waals surface area contributed by atoms with E-state index in [1.165, 1.54) is 6.92 Å². The van der Waals surface area contributed by atoms with Crippen molar-refractivity contribution in [3.05, 3.63) is 65.2 Å². The molecule has 0 fully saturated rings. The molecular formula is C20H17ClN2O3. The Hall–Kier alpha value is -3.05. The number of hydrogen-bond acceptors (Lipinski definition) is 3. The van der Waals surface area contributed by atoms with E-state index >= 15 is 0 Å². The quantitative estimate of drug-likeness (QED) is 0.700. The van der Waals surface area contributed by atoms with Gasteiger partial charge in [-0.3, -0.25) is 9.59 Å². The van der Waals surface area contributed by atoms with Gasteiger partial charge in [-0.2, -0.15) is 0 Å². The second-order valence-corrected chi connectivity index (χ2v) is 6.16. The first-order chi connectivity index (χ1) is 12.5. The molecule has 3 rings (SSSR count). The Labute approximate surface area is 155 Å². The lowest BCUT2D eigenvalue weighted by atomic mass is 10.1. The molecule has 0 spiro atoms. The molecule has 5 nitrogen and oxygen atoms in total. The van der Waals surface area contributed by atoms with Crippen molar-refractivity contribution in [2.45, 2.75) is 6.92 Å². The van der Waals surface area contributed by atoms with E-state index in [1.54, 1.807) is 31.4 Å². The second-order valence-electron chi connectivity index (χ2n) is 5.76. The number of halogens is 1. The predicted molar refractivity (Wildman–Crippen MR) is 104 cm³/mol. The van der Waals surface area contributed by atoms with Crippen LogP contribution in [-0.4, -0.2) is 18.9 Å². The SMILES string of the molecule is COc1ccc2cc(C(=O)Nc3ccc(NC(C)=O)c(Cl)c3)ccc2c1. The summed E-state index contributed by atoms with van der Waals surface area (Å²) in [7, 11) is 1.62. The third-order valence-electron chi connectivity index (χ3n) is 3.85. The lowest BCUT2D eigenvalue weighted by Crippen LogP contribution is -2.12. The molecule has 0 aliphatic rings. The molecule has 6 heteroatoms. The summed E-state index contributed by atoms with van der Waals surface area (Å²) in [4.78, 5) is 23.6. The second kappa shape index (κ2) is 7.45. The van der Waals surface area contributed by atoms with Gasteiger partial charge >= 0.3 is 0 Å². The average molecular weight is 369 g/mol. The van der Waals surface area contributed by atoms with Gasteiger partial charge in [0.15, 0.2) is 0 Å². The molecular weight excluding hydrogens is 352 g/mol. The van der Waals surface area contributed by atoms with Crippen molar-refractivity contribution in [1.29, 1.82) is 0 Å². The normalized spacial score (nSPS) is 10.4. The minimum absolute atomic E-state index is 0.212. The molecule has 0 aliphatic heterocycles. The largest absolute Gasteiger partial charge is 0.497 e. The topological polar surface area (TPSA) is 67.4 Å². The van der Waals surface area contributed by atoms with E-state index in [-0.39, 0.29) is 11.8 Å². The summed E-state index contributed by atoms with van der Waals surface area (Å²) in [5, 5.41) is 7.71. The number of fused-ring (bicyclic) bond motifs is 1. The molecule has 2 N–H and O–H groups in total. The van der Waals surface area contributed by atoms with E-state index in [4.69, 9.17) is 16.3 Å². The van der Waals surface area contributed by atoms with Crippen LogP contribution in [0.3, 0.4) is 0 Å². The maximum atomic E-state index is 12.5. The van der Waals surface area contributed by atoms with Crippen molar-refractivity contribution in [2.24, 2.45) is 0 Å². The summed E-state index contributed by atoms with van der Waals surface area (Å²) in [5.41, 5.74) is 1.57. The van der Waals surface area contributed by atoms with Crippen LogP contribution < -0.4 is 15.4 Å². The fourth-order valence-electron chi connectivity index (χ4n) is 2.58. The third-order valence-corrected chi connectivity index (χ3v) is 4.16.